The van der Waals surface area contributed by atoms with Gasteiger partial charge in [0.1, 0.15) is 34.8 Å². The van der Waals surface area contributed by atoms with Gasteiger partial charge in [-0.1, -0.05) is 23.7 Å². The molecular weight excluding hydrogens is 425 g/mol. The number of halogens is 6. The maximum absolute atomic E-state index is 14.6. The van der Waals surface area contributed by atoms with E-state index in [1.54, 1.807) is 0 Å². The van der Waals surface area contributed by atoms with E-state index in [1.807, 2.05) is 0 Å². The first kappa shape index (κ1) is 19.9. The van der Waals surface area contributed by atoms with Crippen LogP contribution in [0.3, 0.4) is 0 Å². The topological polar surface area (TPSA) is 38.7 Å². The molecule has 3 nitrogen and oxygen atoms in total. The van der Waals surface area contributed by atoms with Crippen molar-refractivity contribution >= 4 is 11.6 Å². The standard InChI is InChI=1S/C21H9ClF5N3/c22-21-19(18-15(26)6-11(23)7-16(18)27)17(10-5-12(24)9-28-8-10)20(29-30-21)13-3-1-2-4-14(13)25/h1-9H. The second kappa shape index (κ2) is 7.79. The van der Waals surface area contributed by atoms with Crippen molar-refractivity contribution in [2.45, 2.75) is 0 Å². The molecular formula is C21H9ClF5N3. The van der Waals surface area contributed by atoms with Crippen molar-refractivity contribution in [2.24, 2.45) is 0 Å². The van der Waals surface area contributed by atoms with E-state index < -0.39 is 39.8 Å². The Labute approximate surface area is 171 Å². The predicted molar refractivity (Wildman–Crippen MR) is 101 cm³/mol. The molecule has 2 heterocycles. The van der Waals surface area contributed by atoms with Gasteiger partial charge in [0.2, 0.25) is 0 Å². The maximum Gasteiger partial charge on any atom is 0.160 e. The summed E-state index contributed by atoms with van der Waals surface area (Å²) < 4.78 is 71.1. The van der Waals surface area contributed by atoms with Crippen LogP contribution in [-0.2, 0) is 0 Å². The molecule has 0 unspecified atom stereocenters. The summed E-state index contributed by atoms with van der Waals surface area (Å²) in [4.78, 5) is 3.73. The van der Waals surface area contributed by atoms with Gasteiger partial charge in [-0.15, -0.1) is 10.2 Å². The zero-order chi connectivity index (χ0) is 21.4. The van der Waals surface area contributed by atoms with Gasteiger partial charge in [0, 0.05) is 40.6 Å². The zero-order valence-corrected chi connectivity index (χ0v) is 15.6. The Morgan fingerprint density at radius 3 is 2.03 bits per heavy atom. The van der Waals surface area contributed by atoms with Gasteiger partial charge in [0.25, 0.3) is 0 Å². The second-order valence-corrected chi connectivity index (χ2v) is 6.56. The molecule has 0 atom stereocenters. The molecule has 9 heteroatoms. The number of pyridine rings is 1. The molecule has 2 aromatic heterocycles. The zero-order valence-electron chi connectivity index (χ0n) is 14.8. The summed E-state index contributed by atoms with van der Waals surface area (Å²) in [6.45, 7) is 0. The summed E-state index contributed by atoms with van der Waals surface area (Å²) in [7, 11) is 0. The van der Waals surface area contributed by atoms with Crippen LogP contribution in [0.4, 0.5) is 22.0 Å². The molecule has 0 saturated carbocycles. The molecule has 0 spiro atoms. The van der Waals surface area contributed by atoms with E-state index in [9.17, 15) is 22.0 Å². The molecule has 0 aliphatic heterocycles. The van der Waals surface area contributed by atoms with Crippen molar-refractivity contribution in [3.05, 3.63) is 89.1 Å². The Morgan fingerprint density at radius 1 is 0.667 bits per heavy atom. The lowest BCUT2D eigenvalue weighted by Crippen LogP contribution is -2.03. The fraction of sp³-hybridized carbons (Fsp3) is 0. The van der Waals surface area contributed by atoms with Gasteiger partial charge in [-0.3, -0.25) is 4.98 Å². The third-order valence-electron chi connectivity index (χ3n) is 4.31. The molecule has 0 amide bonds. The molecule has 0 fully saturated rings. The fourth-order valence-electron chi connectivity index (χ4n) is 3.10. The van der Waals surface area contributed by atoms with Crippen LogP contribution in [0.15, 0.2) is 54.9 Å². The summed E-state index contributed by atoms with van der Waals surface area (Å²) in [6, 6.07) is 7.42. The van der Waals surface area contributed by atoms with Gasteiger partial charge < -0.3 is 0 Å². The van der Waals surface area contributed by atoms with Crippen molar-refractivity contribution in [1.82, 2.24) is 15.2 Å². The van der Waals surface area contributed by atoms with Crippen molar-refractivity contribution in [2.75, 3.05) is 0 Å². The average molecular weight is 434 g/mol. The largest absolute Gasteiger partial charge is 0.261 e. The number of nitrogens with zero attached hydrogens (tertiary/aromatic N) is 3. The van der Waals surface area contributed by atoms with Crippen molar-refractivity contribution < 1.29 is 22.0 Å². The molecule has 0 N–H and O–H groups in total. The normalized spacial score (nSPS) is 11.0. The van der Waals surface area contributed by atoms with Crippen molar-refractivity contribution in [3.63, 3.8) is 0 Å². The third-order valence-corrected chi connectivity index (χ3v) is 4.57. The molecule has 150 valence electrons. The van der Waals surface area contributed by atoms with Crippen LogP contribution in [-0.4, -0.2) is 15.2 Å². The first-order chi connectivity index (χ1) is 14.4. The first-order valence-electron chi connectivity index (χ1n) is 8.43. The molecule has 4 aromatic rings. The van der Waals surface area contributed by atoms with Gasteiger partial charge in [0.05, 0.1) is 11.8 Å². The first-order valence-corrected chi connectivity index (χ1v) is 8.81. The highest BCUT2D eigenvalue weighted by molar-refractivity contribution is 6.33. The van der Waals surface area contributed by atoms with E-state index in [2.05, 4.69) is 15.2 Å². The van der Waals surface area contributed by atoms with Gasteiger partial charge in [-0.05, 0) is 18.2 Å². The summed E-state index contributed by atoms with van der Waals surface area (Å²) >= 11 is 6.13. The molecule has 0 radical (unpaired) electrons. The Hall–Kier alpha value is -3.39. The summed E-state index contributed by atoms with van der Waals surface area (Å²) in [6.07, 6.45) is 2.12. The van der Waals surface area contributed by atoms with Crippen molar-refractivity contribution in [3.8, 4) is 33.5 Å². The lowest BCUT2D eigenvalue weighted by molar-refractivity contribution is 0.548. The van der Waals surface area contributed by atoms with Gasteiger partial charge >= 0.3 is 0 Å². The van der Waals surface area contributed by atoms with E-state index in [4.69, 9.17) is 11.6 Å². The molecule has 0 saturated heterocycles. The van der Waals surface area contributed by atoms with Crippen LogP contribution < -0.4 is 0 Å². The van der Waals surface area contributed by atoms with Crippen LogP contribution in [0, 0.1) is 29.1 Å². The Kier molecular flexibility index (Phi) is 5.17. The predicted octanol–water partition coefficient (Wildman–Crippen LogP) is 6.22. The third kappa shape index (κ3) is 3.50. The SMILES string of the molecule is Fc1cncc(-c2c(-c3ccccc3F)nnc(Cl)c2-c2c(F)cc(F)cc2F)c1. The van der Waals surface area contributed by atoms with Gasteiger partial charge in [-0.25, -0.2) is 22.0 Å². The Balaban J connectivity index is 2.16. The van der Waals surface area contributed by atoms with Crippen LogP contribution >= 0.6 is 11.6 Å². The minimum atomic E-state index is -1.27. The van der Waals surface area contributed by atoms with Crippen LogP contribution in [0.5, 0.6) is 0 Å². The van der Waals surface area contributed by atoms with Crippen LogP contribution in [0.25, 0.3) is 33.5 Å². The minimum absolute atomic E-state index is 0.0168. The smallest absolute Gasteiger partial charge is 0.160 e. The molecule has 4 rings (SSSR count). The van der Waals surface area contributed by atoms with E-state index >= 15 is 0 Å². The van der Waals surface area contributed by atoms with E-state index in [-0.39, 0.29) is 27.9 Å². The Morgan fingerprint density at radius 2 is 1.37 bits per heavy atom. The monoisotopic (exact) mass is 433 g/mol. The van der Waals surface area contributed by atoms with E-state index in [0.29, 0.717) is 12.1 Å². The lowest BCUT2D eigenvalue weighted by atomic mass is 9.92. The number of benzene rings is 2. The highest BCUT2D eigenvalue weighted by Crippen LogP contribution is 2.43. The van der Waals surface area contributed by atoms with Crippen molar-refractivity contribution in [1.29, 1.82) is 0 Å². The summed E-state index contributed by atoms with van der Waals surface area (Å²) in [5.74, 6) is -5.15. The Bertz CT molecular complexity index is 1260. The number of hydrogen-bond acceptors (Lipinski definition) is 3. The quantitative estimate of drug-likeness (QED) is 0.360. The lowest BCUT2D eigenvalue weighted by Gasteiger charge is -2.17. The summed E-state index contributed by atoms with van der Waals surface area (Å²) in [5, 5.41) is 7.14. The minimum Gasteiger partial charge on any atom is -0.261 e. The number of rotatable bonds is 3. The fourth-order valence-corrected chi connectivity index (χ4v) is 3.32. The second-order valence-electron chi connectivity index (χ2n) is 6.21. The highest BCUT2D eigenvalue weighted by atomic mass is 35.5. The molecule has 0 aliphatic rings. The van der Waals surface area contributed by atoms with Crippen LogP contribution in [0.1, 0.15) is 0 Å². The highest BCUT2D eigenvalue weighted by Gasteiger charge is 2.26. The van der Waals surface area contributed by atoms with E-state index in [1.165, 1.54) is 24.4 Å². The maximum atomic E-state index is 14.6. The summed E-state index contributed by atoms with van der Waals surface area (Å²) in [5.41, 5.74) is -1.37. The molecule has 30 heavy (non-hydrogen) atoms. The van der Waals surface area contributed by atoms with Crippen LogP contribution in [0.2, 0.25) is 5.15 Å². The van der Waals surface area contributed by atoms with Gasteiger partial charge in [-0.2, -0.15) is 0 Å². The van der Waals surface area contributed by atoms with E-state index in [0.717, 1.165) is 18.3 Å². The average Bonchev–Trinajstić information content (AvgIpc) is 2.69. The number of hydrogen-bond donors (Lipinski definition) is 0. The molecule has 0 bridgehead atoms. The number of aromatic nitrogens is 3. The molecule has 0 aliphatic carbocycles. The molecule has 2 aromatic carbocycles. The van der Waals surface area contributed by atoms with Gasteiger partial charge in [0.15, 0.2) is 5.15 Å².